The van der Waals surface area contributed by atoms with Crippen LogP contribution in [0.4, 0.5) is 4.39 Å². The minimum atomic E-state index is -0.926. The maximum absolute atomic E-state index is 13.9. The van der Waals surface area contributed by atoms with E-state index in [1.165, 1.54) is 6.07 Å². The van der Waals surface area contributed by atoms with Gasteiger partial charge >= 0.3 is 5.97 Å². The Morgan fingerprint density at radius 1 is 1.19 bits per heavy atom. The summed E-state index contributed by atoms with van der Waals surface area (Å²) in [5.74, 6) is -0.477. The van der Waals surface area contributed by atoms with Crippen LogP contribution >= 0.6 is 0 Å². The van der Waals surface area contributed by atoms with Crippen LogP contribution in [-0.4, -0.2) is 39.3 Å². The van der Waals surface area contributed by atoms with Crippen LogP contribution in [0.5, 0.6) is 0 Å². The first kappa shape index (κ1) is 17.4. The highest BCUT2D eigenvalue weighted by Gasteiger charge is 2.28. The van der Waals surface area contributed by atoms with Gasteiger partial charge in [-0.3, -0.25) is 4.90 Å². The van der Waals surface area contributed by atoms with Crippen LogP contribution in [0.2, 0.25) is 0 Å². The Hall–Kier alpha value is -3.06. The first-order chi connectivity index (χ1) is 13.1. The molecule has 1 atom stereocenters. The van der Waals surface area contributed by atoms with Crippen LogP contribution < -0.4 is 0 Å². The molecule has 4 rings (SSSR count). The van der Waals surface area contributed by atoms with Gasteiger partial charge in [-0.25, -0.2) is 9.18 Å². The van der Waals surface area contributed by atoms with E-state index in [1.54, 1.807) is 30.3 Å². The van der Waals surface area contributed by atoms with Gasteiger partial charge in [-0.15, -0.1) is 10.2 Å². The minimum absolute atomic E-state index is 0.108. The number of carboxylic acid groups (broad SMARTS) is 1. The first-order valence-electron chi connectivity index (χ1n) is 8.73. The molecule has 0 radical (unpaired) electrons. The van der Waals surface area contributed by atoms with Gasteiger partial charge in [-0.05, 0) is 42.8 Å². The van der Waals surface area contributed by atoms with E-state index < -0.39 is 5.97 Å². The first-order valence-corrected chi connectivity index (χ1v) is 8.73. The molecular formula is C20H18FN3O3. The molecule has 1 saturated heterocycles. The third-order valence-electron chi connectivity index (χ3n) is 4.77. The topological polar surface area (TPSA) is 79.5 Å². The molecule has 0 saturated carbocycles. The summed E-state index contributed by atoms with van der Waals surface area (Å²) in [6, 6.07) is 13.2. The number of hydrogen-bond acceptors (Lipinski definition) is 5. The van der Waals surface area contributed by atoms with Crippen LogP contribution in [0.1, 0.15) is 34.2 Å². The number of aromatic nitrogens is 2. The highest BCUT2D eigenvalue weighted by Crippen LogP contribution is 2.30. The smallest absolute Gasteiger partial charge is 0.335 e. The fourth-order valence-electron chi connectivity index (χ4n) is 3.33. The molecule has 0 spiro atoms. The molecule has 0 amide bonds. The Labute approximate surface area is 155 Å². The number of aromatic carboxylic acids is 1. The number of carbonyl (C=O) groups is 1. The normalized spacial score (nSPS) is 17.3. The predicted octanol–water partition coefficient (Wildman–Crippen LogP) is 3.56. The van der Waals surface area contributed by atoms with Crippen molar-refractivity contribution in [3.63, 3.8) is 0 Å². The van der Waals surface area contributed by atoms with E-state index in [1.807, 2.05) is 12.1 Å². The Bertz CT molecular complexity index is 955. The van der Waals surface area contributed by atoms with E-state index in [0.29, 0.717) is 11.5 Å². The molecule has 27 heavy (non-hydrogen) atoms. The standard InChI is InChI=1S/C20H18FN3O3/c21-17-4-2-1-3-16(17)19-23-22-18(27-19)15-9-10-24(12-15)11-13-5-7-14(8-6-13)20(25)26/h1-8,15H,9-12H2,(H,25,26). The molecule has 1 N–H and O–H groups in total. The van der Waals surface area contributed by atoms with Crippen molar-refractivity contribution in [2.75, 3.05) is 13.1 Å². The van der Waals surface area contributed by atoms with Crippen LogP contribution in [0.3, 0.4) is 0 Å². The summed E-state index contributed by atoms with van der Waals surface area (Å²) in [6.45, 7) is 2.37. The quantitative estimate of drug-likeness (QED) is 0.743. The summed E-state index contributed by atoms with van der Waals surface area (Å²) in [6.07, 6.45) is 0.881. The molecule has 0 aliphatic carbocycles. The van der Waals surface area contributed by atoms with Crippen LogP contribution in [0.15, 0.2) is 52.9 Å². The number of hydrogen-bond donors (Lipinski definition) is 1. The van der Waals surface area contributed by atoms with Gasteiger partial charge in [0.25, 0.3) is 5.89 Å². The fourth-order valence-corrected chi connectivity index (χ4v) is 3.33. The molecule has 0 bridgehead atoms. The summed E-state index contributed by atoms with van der Waals surface area (Å²) >= 11 is 0. The maximum atomic E-state index is 13.9. The van der Waals surface area contributed by atoms with Crippen LogP contribution in [0, 0.1) is 5.82 Å². The van der Waals surface area contributed by atoms with Crippen molar-refractivity contribution in [1.29, 1.82) is 0 Å². The van der Waals surface area contributed by atoms with E-state index in [9.17, 15) is 9.18 Å². The number of carboxylic acids is 1. The van der Waals surface area contributed by atoms with Crippen molar-refractivity contribution in [2.24, 2.45) is 0 Å². The molecule has 2 aromatic carbocycles. The van der Waals surface area contributed by atoms with Crippen molar-refractivity contribution >= 4 is 5.97 Å². The Morgan fingerprint density at radius 2 is 1.96 bits per heavy atom. The third kappa shape index (κ3) is 3.73. The molecular weight excluding hydrogens is 349 g/mol. The molecule has 6 nitrogen and oxygen atoms in total. The highest BCUT2D eigenvalue weighted by atomic mass is 19.1. The van der Waals surface area contributed by atoms with Gasteiger partial charge in [0, 0.05) is 13.1 Å². The third-order valence-corrected chi connectivity index (χ3v) is 4.77. The van der Waals surface area contributed by atoms with Crippen LogP contribution in [0.25, 0.3) is 11.5 Å². The molecule has 1 aliphatic rings. The van der Waals surface area contributed by atoms with Crippen LogP contribution in [-0.2, 0) is 6.54 Å². The van der Waals surface area contributed by atoms with Gasteiger partial charge in [0.05, 0.1) is 17.0 Å². The fraction of sp³-hybridized carbons (Fsp3) is 0.250. The zero-order valence-electron chi connectivity index (χ0n) is 14.5. The summed E-state index contributed by atoms with van der Waals surface area (Å²) < 4.78 is 19.6. The zero-order chi connectivity index (χ0) is 18.8. The molecule has 1 fully saturated rings. The molecule has 138 valence electrons. The SMILES string of the molecule is O=C(O)c1ccc(CN2CCC(c3nnc(-c4ccccc4F)o3)C2)cc1. The van der Waals surface area contributed by atoms with Gasteiger partial charge in [0.15, 0.2) is 0 Å². The van der Waals surface area contributed by atoms with E-state index in [4.69, 9.17) is 9.52 Å². The van der Waals surface area contributed by atoms with Gasteiger partial charge in [-0.1, -0.05) is 24.3 Å². The largest absolute Gasteiger partial charge is 0.478 e. The molecule has 3 aromatic rings. The second-order valence-electron chi connectivity index (χ2n) is 6.65. The molecule has 7 heteroatoms. The Morgan fingerprint density at radius 3 is 2.70 bits per heavy atom. The van der Waals surface area contributed by atoms with Gasteiger partial charge in [0.2, 0.25) is 5.89 Å². The number of likely N-dealkylation sites (tertiary alicyclic amines) is 1. The lowest BCUT2D eigenvalue weighted by Crippen LogP contribution is -2.19. The second-order valence-corrected chi connectivity index (χ2v) is 6.65. The van der Waals surface area contributed by atoms with E-state index in [-0.39, 0.29) is 23.2 Å². The molecule has 1 unspecified atom stereocenters. The number of benzene rings is 2. The van der Waals surface area contributed by atoms with E-state index in [2.05, 4.69) is 15.1 Å². The van der Waals surface area contributed by atoms with Crippen molar-refractivity contribution in [3.05, 3.63) is 71.4 Å². The summed E-state index contributed by atoms with van der Waals surface area (Å²) in [7, 11) is 0. The lowest BCUT2D eigenvalue weighted by atomic mass is 10.1. The lowest BCUT2D eigenvalue weighted by Gasteiger charge is -2.15. The minimum Gasteiger partial charge on any atom is -0.478 e. The molecule has 1 aromatic heterocycles. The average molecular weight is 367 g/mol. The maximum Gasteiger partial charge on any atom is 0.335 e. The summed E-state index contributed by atoms with van der Waals surface area (Å²) in [5.41, 5.74) is 1.65. The van der Waals surface area contributed by atoms with E-state index in [0.717, 1.165) is 31.6 Å². The van der Waals surface area contributed by atoms with Crippen molar-refractivity contribution in [2.45, 2.75) is 18.9 Å². The highest BCUT2D eigenvalue weighted by molar-refractivity contribution is 5.87. The monoisotopic (exact) mass is 367 g/mol. The van der Waals surface area contributed by atoms with Crippen molar-refractivity contribution < 1.29 is 18.7 Å². The summed E-state index contributed by atoms with van der Waals surface area (Å²) in [5, 5.41) is 17.1. The van der Waals surface area contributed by atoms with Gasteiger partial charge in [-0.2, -0.15) is 0 Å². The second kappa shape index (κ2) is 7.28. The summed E-state index contributed by atoms with van der Waals surface area (Å²) in [4.78, 5) is 13.2. The van der Waals surface area contributed by atoms with Crippen molar-refractivity contribution in [3.8, 4) is 11.5 Å². The number of rotatable bonds is 5. The molecule has 2 heterocycles. The number of nitrogens with zero attached hydrogens (tertiary/aromatic N) is 3. The zero-order valence-corrected chi connectivity index (χ0v) is 14.5. The number of halogens is 1. The van der Waals surface area contributed by atoms with Gasteiger partial charge in [0.1, 0.15) is 5.82 Å². The average Bonchev–Trinajstić information content (AvgIpc) is 3.32. The lowest BCUT2D eigenvalue weighted by molar-refractivity contribution is 0.0697. The van der Waals surface area contributed by atoms with E-state index >= 15 is 0 Å². The Balaban J connectivity index is 1.41. The Kier molecular flexibility index (Phi) is 4.68. The predicted molar refractivity (Wildman–Crippen MR) is 95.7 cm³/mol. The van der Waals surface area contributed by atoms with Gasteiger partial charge < -0.3 is 9.52 Å². The molecule has 1 aliphatic heterocycles. The van der Waals surface area contributed by atoms with Crippen molar-refractivity contribution in [1.82, 2.24) is 15.1 Å².